The van der Waals surface area contributed by atoms with Crippen LogP contribution in [0.3, 0.4) is 0 Å². The fraction of sp³-hybridized carbons (Fsp3) is 1.00. The Hall–Kier alpha value is 0.697. The van der Waals surface area contributed by atoms with Crippen LogP contribution < -0.4 is 0 Å². The first-order valence-electron chi connectivity index (χ1n) is 12.7. The molecule has 0 nitrogen and oxygen atoms in total. The Morgan fingerprint density at radius 3 is 1.07 bits per heavy atom. The molecular weight excluding hydrogens is 408 g/mol. The summed E-state index contributed by atoms with van der Waals surface area (Å²) < 4.78 is 0. The Labute approximate surface area is 183 Å². The summed E-state index contributed by atoms with van der Waals surface area (Å²) in [6, 6.07) is 4.87. The van der Waals surface area contributed by atoms with E-state index in [9.17, 15) is 0 Å². The molecule has 0 aliphatic rings. The Balaban J connectivity index is 4.02. The minimum Gasteiger partial charge on any atom is -0.0928 e. The zero-order valence-corrected chi connectivity index (χ0v) is 22.0. The van der Waals surface area contributed by atoms with Crippen LogP contribution in [0.2, 0.25) is 24.7 Å². The fourth-order valence-electron chi connectivity index (χ4n) is 4.39. The summed E-state index contributed by atoms with van der Waals surface area (Å²) in [5.41, 5.74) is 0. The maximum absolute atomic E-state index is 3.55. The molecule has 0 aromatic heterocycles. The number of hydrogen-bond donors (Lipinski definition) is 0. The van der Waals surface area contributed by atoms with Gasteiger partial charge in [-0.25, -0.2) is 0 Å². The third-order valence-corrected chi connectivity index (χ3v) is 11.7. The molecule has 0 saturated heterocycles. The molecule has 2 heteroatoms. The van der Waals surface area contributed by atoms with Crippen LogP contribution in [-0.2, 0) is 0 Å². The average molecular weight is 462 g/mol. The van der Waals surface area contributed by atoms with E-state index in [0.29, 0.717) is 0 Å². The first-order valence-corrected chi connectivity index (χ1v) is 17.0. The fourth-order valence-corrected chi connectivity index (χ4v) is 8.85. The van der Waals surface area contributed by atoms with Gasteiger partial charge in [-0.1, -0.05) is 164 Å². The number of hydrogen-bond acceptors (Lipinski definition) is 0. The van der Waals surface area contributed by atoms with Crippen LogP contribution in [0.5, 0.6) is 0 Å². The normalized spacial score (nSPS) is 12.0. The monoisotopic (exact) mass is 460 g/mol. The molecule has 0 amide bonds. The highest BCUT2D eigenvalue weighted by atomic mass is 79.9. The summed E-state index contributed by atoms with van der Waals surface area (Å²) in [4.78, 5) is 0. The molecule has 0 N–H and O–H groups in total. The summed E-state index contributed by atoms with van der Waals surface area (Å²) in [6.07, 6.45) is 26.4. The zero-order valence-electron chi connectivity index (χ0n) is 19.4. The molecular formula is C25H53BrSi. The van der Waals surface area contributed by atoms with Gasteiger partial charge in [0.1, 0.15) is 0 Å². The van der Waals surface area contributed by atoms with E-state index < -0.39 is 8.07 Å². The topological polar surface area (TPSA) is 0 Å². The second kappa shape index (κ2) is 21.4. The molecule has 27 heavy (non-hydrogen) atoms. The molecule has 164 valence electrons. The van der Waals surface area contributed by atoms with Crippen LogP contribution in [0.25, 0.3) is 0 Å². The van der Waals surface area contributed by atoms with E-state index in [1.54, 1.807) is 18.1 Å². The lowest BCUT2D eigenvalue weighted by atomic mass is 10.1. The molecule has 0 atom stereocenters. The molecule has 0 bridgehead atoms. The van der Waals surface area contributed by atoms with Gasteiger partial charge >= 0.3 is 0 Å². The van der Waals surface area contributed by atoms with Gasteiger partial charge in [-0.2, -0.15) is 0 Å². The number of halogens is 1. The van der Waals surface area contributed by atoms with Crippen molar-refractivity contribution in [3.05, 3.63) is 0 Å². The Bertz CT molecular complexity index is 263. The Kier molecular flexibility index (Phi) is 22.0. The van der Waals surface area contributed by atoms with Crippen molar-refractivity contribution in [1.82, 2.24) is 0 Å². The van der Waals surface area contributed by atoms with Gasteiger partial charge in [-0.05, 0) is 6.42 Å². The summed E-state index contributed by atoms with van der Waals surface area (Å²) >= 11 is 3.55. The van der Waals surface area contributed by atoms with E-state index >= 15 is 0 Å². The minimum absolute atomic E-state index is 0.969. The second-order valence-electron chi connectivity index (χ2n) is 9.41. The van der Waals surface area contributed by atoms with Crippen molar-refractivity contribution in [1.29, 1.82) is 0 Å². The van der Waals surface area contributed by atoms with E-state index in [1.807, 2.05) is 0 Å². The lowest BCUT2D eigenvalue weighted by molar-refractivity contribution is 0.607. The number of alkyl halides is 1. The number of unbranched alkanes of at least 4 members (excludes halogenated alkanes) is 15. The van der Waals surface area contributed by atoms with Gasteiger partial charge in [0.15, 0.2) is 0 Å². The van der Waals surface area contributed by atoms with Gasteiger partial charge in [-0.3, -0.25) is 0 Å². The van der Waals surface area contributed by atoms with Crippen molar-refractivity contribution in [3.63, 3.8) is 0 Å². The number of rotatable bonds is 22. The third kappa shape index (κ3) is 19.8. The van der Waals surface area contributed by atoms with Gasteiger partial charge in [-0.15, -0.1) is 0 Å². The molecule has 0 saturated carbocycles. The highest BCUT2D eigenvalue weighted by molar-refractivity contribution is 9.09. The predicted octanol–water partition coefficient (Wildman–Crippen LogP) is 10.5. The smallest absolute Gasteiger partial charge is 0.0504 e. The van der Waals surface area contributed by atoms with Crippen LogP contribution >= 0.6 is 15.9 Å². The summed E-state index contributed by atoms with van der Waals surface area (Å²) in [6.45, 7) is 7.41. The van der Waals surface area contributed by atoms with E-state index in [-0.39, 0.29) is 0 Å². The lowest BCUT2D eigenvalue weighted by Gasteiger charge is -2.28. The van der Waals surface area contributed by atoms with Crippen molar-refractivity contribution in [2.45, 2.75) is 154 Å². The summed E-state index contributed by atoms with van der Waals surface area (Å²) in [5, 5.41) is 1.19. The molecule has 0 radical (unpaired) electrons. The molecule has 0 heterocycles. The second-order valence-corrected chi connectivity index (χ2v) is 15.3. The standard InChI is InChI=1S/C25H53BrSi/c1-4-6-8-10-15-19-23-27(3,24-20-16-11-9-7-5-2)25-21-17-13-12-14-18-22-26/h4-25H2,1-3H3. The molecule has 0 rings (SSSR count). The van der Waals surface area contributed by atoms with Crippen molar-refractivity contribution in [2.24, 2.45) is 0 Å². The molecule has 0 unspecified atom stereocenters. The molecule has 0 fully saturated rings. The van der Waals surface area contributed by atoms with Crippen LogP contribution in [0.1, 0.15) is 129 Å². The molecule has 0 aromatic rings. The van der Waals surface area contributed by atoms with Gasteiger partial charge < -0.3 is 0 Å². The van der Waals surface area contributed by atoms with Crippen LogP contribution in [0, 0.1) is 0 Å². The first kappa shape index (κ1) is 27.7. The maximum Gasteiger partial charge on any atom is 0.0504 e. The van der Waals surface area contributed by atoms with E-state index in [2.05, 4.69) is 36.3 Å². The SMILES string of the molecule is CCCCCCCC[Si](C)(CCCCCCCC)CCCCCCCCBr. The average Bonchev–Trinajstić information content (AvgIpc) is 2.67. The highest BCUT2D eigenvalue weighted by Crippen LogP contribution is 2.29. The summed E-state index contributed by atoms with van der Waals surface area (Å²) in [7, 11) is -0.969. The first-order chi connectivity index (χ1) is 13.2. The zero-order chi connectivity index (χ0) is 20.1. The van der Waals surface area contributed by atoms with E-state index in [1.165, 1.54) is 121 Å². The van der Waals surface area contributed by atoms with Gasteiger partial charge in [0.2, 0.25) is 0 Å². The van der Waals surface area contributed by atoms with Crippen molar-refractivity contribution in [3.8, 4) is 0 Å². The Morgan fingerprint density at radius 2 is 0.741 bits per heavy atom. The van der Waals surface area contributed by atoms with Crippen LogP contribution in [0.4, 0.5) is 0 Å². The molecule has 0 aromatic carbocycles. The van der Waals surface area contributed by atoms with Crippen molar-refractivity contribution < 1.29 is 0 Å². The predicted molar refractivity (Wildman–Crippen MR) is 134 cm³/mol. The van der Waals surface area contributed by atoms with Gasteiger partial charge in [0.25, 0.3) is 0 Å². The van der Waals surface area contributed by atoms with Crippen molar-refractivity contribution >= 4 is 24.0 Å². The largest absolute Gasteiger partial charge is 0.0928 e. The van der Waals surface area contributed by atoms with Gasteiger partial charge in [0, 0.05) is 5.33 Å². The highest BCUT2D eigenvalue weighted by Gasteiger charge is 2.25. The van der Waals surface area contributed by atoms with Crippen LogP contribution in [0.15, 0.2) is 0 Å². The quantitative estimate of drug-likeness (QED) is 0.0854. The van der Waals surface area contributed by atoms with E-state index in [0.717, 1.165) is 0 Å². The third-order valence-electron chi connectivity index (χ3n) is 6.43. The van der Waals surface area contributed by atoms with Gasteiger partial charge in [0.05, 0.1) is 8.07 Å². The summed E-state index contributed by atoms with van der Waals surface area (Å²) in [5.74, 6) is 0. The Morgan fingerprint density at radius 1 is 0.444 bits per heavy atom. The van der Waals surface area contributed by atoms with Crippen LogP contribution in [-0.4, -0.2) is 13.4 Å². The minimum atomic E-state index is -0.969. The molecule has 0 aliphatic carbocycles. The molecule has 0 aliphatic heterocycles. The van der Waals surface area contributed by atoms with E-state index in [4.69, 9.17) is 0 Å². The van der Waals surface area contributed by atoms with Crippen molar-refractivity contribution in [2.75, 3.05) is 5.33 Å². The lowest BCUT2D eigenvalue weighted by Crippen LogP contribution is -2.29. The maximum atomic E-state index is 3.55. The molecule has 0 spiro atoms.